The fraction of sp³-hybridized carbons (Fsp3) is 0.562. The molecule has 3 rings (SSSR count). The summed E-state index contributed by atoms with van der Waals surface area (Å²) >= 11 is 0. The normalized spacial score (nSPS) is 24.9. The van der Waals surface area contributed by atoms with Crippen LogP contribution in [0.4, 0.5) is 0 Å². The Kier molecular flexibility index (Phi) is 4.03. The molecule has 0 saturated carbocycles. The van der Waals surface area contributed by atoms with Gasteiger partial charge in [-0.2, -0.15) is 0 Å². The van der Waals surface area contributed by atoms with Crippen molar-refractivity contribution in [2.24, 2.45) is 0 Å². The van der Waals surface area contributed by atoms with Crippen LogP contribution in [-0.4, -0.2) is 54.6 Å². The summed E-state index contributed by atoms with van der Waals surface area (Å²) in [5.41, 5.74) is 2.76. The molecular weight excluding hydrogens is 252 g/mol. The van der Waals surface area contributed by atoms with Gasteiger partial charge in [0.25, 0.3) is 0 Å². The molecule has 1 unspecified atom stereocenters. The molecule has 2 aliphatic rings. The van der Waals surface area contributed by atoms with Crippen molar-refractivity contribution in [1.82, 2.24) is 9.80 Å². The fourth-order valence-corrected chi connectivity index (χ4v) is 3.08. The van der Waals surface area contributed by atoms with E-state index in [1.165, 1.54) is 11.1 Å². The molecule has 4 heteroatoms. The Hall–Kier alpha value is -1.39. The number of hydrogen-bond acceptors (Lipinski definition) is 4. The highest BCUT2D eigenvalue weighted by molar-refractivity contribution is 5.77. The number of carbonyl (C=O) groups excluding carboxylic acids is 1. The van der Waals surface area contributed by atoms with Crippen molar-refractivity contribution in [3.63, 3.8) is 0 Å². The first-order valence-electron chi connectivity index (χ1n) is 7.41. The zero-order valence-electron chi connectivity index (χ0n) is 12.0. The zero-order chi connectivity index (χ0) is 13.9. The van der Waals surface area contributed by atoms with E-state index in [4.69, 9.17) is 4.74 Å². The average Bonchev–Trinajstić information content (AvgIpc) is 2.89. The summed E-state index contributed by atoms with van der Waals surface area (Å²) in [5.74, 6) is -0.0302. The van der Waals surface area contributed by atoms with Crippen LogP contribution in [-0.2, 0) is 16.1 Å². The molecule has 2 heterocycles. The summed E-state index contributed by atoms with van der Waals surface area (Å²) in [7, 11) is 0. The van der Waals surface area contributed by atoms with E-state index in [1.807, 2.05) is 0 Å². The van der Waals surface area contributed by atoms with E-state index in [9.17, 15) is 4.79 Å². The van der Waals surface area contributed by atoms with Crippen LogP contribution >= 0.6 is 0 Å². The first-order valence-corrected chi connectivity index (χ1v) is 7.41. The first kappa shape index (κ1) is 13.6. The minimum Gasteiger partial charge on any atom is -0.464 e. The van der Waals surface area contributed by atoms with E-state index >= 15 is 0 Å². The van der Waals surface area contributed by atoms with Gasteiger partial charge in [0.2, 0.25) is 0 Å². The molecule has 4 nitrogen and oxygen atoms in total. The summed E-state index contributed by atoms with van der Waals surface area (Å²) < 4.78 is 5.06. The largest absolute Gasteiger partial charge is 0.464 e. The third kappa shape index (κ3) is 2.86. The molecule has 1 aromatic carbocycles. The molecule has 0 N–H and O–H groups in total. The van der Waals surface area contributed by atoms with Crippen LogP contribution in [0.5, 0.6) is 0 Å². The number of hydrogen-bond donors (Lipinski definition) is 0. The molecule has 1 atom stereocenters. The van der Waals surface area contributed by atoms with E-state index in [0.29, 0.717) is 6.61 Å². The number of esters is 1. The summed E-state index contributed by atoms with van der Waals surface area (Å²) in [6, 6.07) is 8.57. The molecule has 20 heavy (non-hydrogen) atoms. The highest BCUT2D eigenvalue weighted by atomic mass is 16.5. The first-order chi connectivity index (χ1) is 9.74. The molecule has 108 valence electrons. The van der Waals surface area contributed by atoms with Crippen molar-refractivity contribution in [2.45, 2.75) is 25.9 Å². The molecule has 0 bridgehead atoms. The molecule has 1 aromatic rings. The van der Waals surface area contributed by atoms with Gasteiger partial charge in [-0.05, 0) is 18.1 Å². The van der Waals surface area contributed by atoms with Crippen LogP contribution in [0.2, 0.25) is 0 Å². The SMILES string of the molecule is Cc1ccccc1CN1CCN(C2CCOC2=O)CC1. The number of nitrogens with zero attached hydrogens (tertiary/aromatic N) is 2. The van der Waals surface area contributed by atoms with Crippen LogP contribution in [0.3, 0.4) is 0 Å². The molecule has 0 amide bonds. The number of cyclic esters (lactones) is 1. The highest BCUT2D eigenvalue weighted by Gasteiger charge is 2.33. The lowest BCUT2D eigenvalue weighted by Gasteiger charge is -2.36. The smallest absolute Gasteiger partial charge is 0.323 e. The van der Waals surface area contributed by atoms with Crippen LogP contribution in [0.1, 0.15) is 17.5 Å². The van der Waals surface area contributed by atoms with Crippen molar-refractivity contribution in [3.05, 3.63) is 35.4 Å². The second-order valence-corrected chi connectivity index (χ2v) is 5.71. The van der Waals surface area contributed by atoms with Crippen LogP contribution < -0.4 is 0 Å². The number of aryl methyl sites for hydroxylation is 1. The lowest BCUT2D eigenvalue weighted by molar-refractivity contribution is -0.142. The second-order valence-electron chi connectivity index (χ2n) is 5.71. The van der Waals surface area contributed by atoms with Crippen molar-refractivity contribution in [3.8, 4) is 0 Å². The topological polar surface area (TPSA) is 32.8 Å². The molecule has 2 saturated heterocycles. The summed E-state index contributed by atoms with van der Waals surface area (Å²) in [4.78, 5) is 16.4. The lowest BCUT2D eigenvalue weighted by Crippen LogP contribution is -2.51. The van der Waals surface area contributed by atoms with Crippen molar-refractivity contribution >= 4 is 5.97 Å². The van der Waals surface area contributed by atoms with Crippen molar-refractivity contribution < 1.29 is 9.53 Å². The highest BCUT2D eigenvalue weighted by Crippen LogP contribution is 2.18. The number of ether oxygens (including phenoxy) is 1. The molecule has 2 fully saturated rings. The Morgan fingerprint density at radius 1 is 1.20 bits per heavy atom. The van der Waals surface area contributed by atoms with Gasteiger partial charge in [-0.15, -0.1) is 0 Å². The Balaban J connectivity index is 1.54. The Morgan fingerprint density at radius 2 is 1.95 bits per heavy atom. The van der Waals surface area contributed by atoms with Gasteiger partial charge in [0.05, 0.1) is 6.61 Å². The monoisotopic (exact) mass is 274 g/mol. The Labute approximate surface area is 120 Å². The Bertz CT molecular complexity index is 481. The van der Waals surface area contributed by atoms with Gasteiger partial charge in [0, 0.05) is 39.1 Å². The van der Waals surface area contributed by atoms with Gasteiger partial charge in [-0.3, -0.25) is 14.6 Å². The third-order valence-electron chi connectivity index (χ3n) is 4.41. The summed E-state index contributed by atoms with van der Waals surface area (Å²) in [5, 5.41) is 0. The fourth-order valence-electron chi connectivity index (χ4n) is 3.08. The number of rotatable bonds is 3. The minimum absolute atomic E-state index is 0.00983. The second kappa shape index (κ2) is 5.94. The van der Waals surface area contributed by atoms with Crippen LogP contribution in [0.15, 0.2) is 24.3 Å². The zero-order valence-corrected chi connectivity index (χ0v) is 12.0. The maximum atomic E-state index is 11.6. The summed E-state index contributed by atoms with van der Waals surface area (Å²) in [6.45, 7) is 7.75. The molecule has 0 aliphatic carbocycles. The lowest BCUT2D eigenvalue weighted by atomic mass is 10.1. The van der Waals surface area contributed by atoms with Crippen LogP contribution in [0, 0.1) is 6.92 Å². The van der Waals surface area contributed by atoms with Gasteiger partial charge < -0.3 is 4.74 Å². The predicted octanol–water partition coefficient (Wildman–Crippen LogP) is 1.43. The van der Waals surface area contributed by atoms with Gasteiger partial charge >= 0.3 is 5.97 Å². The van der Waals surface area contributed by atoms with Crippen LogP contribution in [0.25, 0.3) is 0 Å². The molecule has 0 aromatic heterocycles. The van der Waals surface area contributed by atoms with Crippen molar-refractivity contribution in [2.75, 3.05) is 32.8 Å². The van der Waals surface area contributed by atoms with Crippen molar-refractivity contribution in [1.29, 1.82) is 0 Å². The van der Waals surface area contributed by atoms with Gasteiger partial charge in [0.1, 0.15) is 6.04 Å². The standard InChI is InChI=1S/C16H22N2O2/c1-13-4-2-3-5-14(13)12-17-7-9-18(10-8-17)15-6-11-20-16(15)19/h2-5,15H,6-12H2,1H3. The van der Waals surface area contributed by atoms with Gasteiger partial charge in [-0.1, -0.05) is 24.3 Å². The maximum Gasteiger partial charge on any atom is 0.323 e. The number of carbonyl (C=O) groups is 1. The minimum atomic E-state index is -0.0302. The Morgan fingerprint density at radius 3 is 2.60 bits per heavy atom. The summed E-state index contributed by atoms with van der Waals surface area (Å²) in [6.07, 6.45) is 0.858. The van der Waals surface area contributed by atoms with E-state index in [-0.39, 0.29) is 12.0 Å². The predicted molar refractivity (Wildman–Crippen MR) is 77.4 cm³/mol. The van der Waals surface area contributed by atoms with E-state index in [2.05, 4.69) is 41.0 Å². The van der Waals surface area contributed by atoms with Gasteiger partial charge in [-0.25, -0.2) is 0 Å². The van der Waals surface area contributed by atoms with E-state index in [1.54, 1.807) is 0 Å². The third-order valence-corrected chi connectivity index (χ3v) is 4.41. The quantitative estimate of drug-likeness (QED) is 0.781. The molecule has 0 spiro atoms. The molecular formula is C16H22N2O2. The molecule has 2 aliphatic heterocycles. The van der Waals surface area contributed by atoms with E-state index < -0.39 is 0 Å². The number of benzene rings is 1. The maximum absolute atomic E-state index is 11.6. The van der Waals surface area contributed by atoms with E-state index in [0.717, 1.165) is 39.1 Å². The molecule has 0 radical (unpaired) electrons. The van der Waals surface area contributed by atoms with Gasteiger partial charge in [0.15, 0.2) is 0 Å². The number of piperazine rings is 1. The average molecular weight is 274 g/mol.